The third kappa shape index (κ3) is 5.19. The van der Waals surface area contributed by atoms with Crippen molar-refractivity contribution in [2.45, 2.75) is 45.4 Å². The average Bonchev–Trinajstić information content (AvgIpc) is 3.47. The molecule has 2 aromatic rings. The topological polar surface area (TPSA) is 105 Å². The summed E-state index contributed by atoms with van der Waals surface area (Å²) in [6.45, 7) is 4.15. The molecule has 3 atom stereocenters. The second-order valence-corrected chi connectivity index (χ2v) is 9.94. The Bertz CT molecular complexity index is 1050. The molecule has 0 spiro atoms. The van der Waals surface area contributed by atoms with Crippen LogP contribution >= 0.6 is 0 Å². The van der Waals surface area contributed by atoms with E-state index in [1.54, 1.807) is 13.8 Å². The zero-order chi connectivity index (χ0) is 25.0. The summed E-state index contributed by atoms with van der Waals surface area (Å²) in [6, 6.07) is 16.4. The maximum absolute atomic E-state index is 12.8. The van der Waals surface area contributed by atoms with Gasteiger partial charge in [0.15, 0.2) is 0 Å². The van der Waals surface area contributed by atoms with Gasteiger partial charge in [-0.05, 0) is 54.4 Å². The highest BCUT2D eigenvalue weighted by molar-refractivity contribution is 5.81. The van der Waals surface area contributed by atoms with Crippen LogP contribution in [0.15, 0.2) is 48.5 Å². The molecule has 0 aromatic heterocycles. The lowest BCUT2D eigenvalue weighted by Crippen LogP contribution is -2.44. The number of hydrogen-bond donors (Lipinski definition) is 3. The molecule has 1 saturated carbocycles. The molecule has 186 valence electrons. The Kier molecular flexibility index (Phi) is 7.43. The van der Waals surface area contributed by atoms with E-state index >= 15 is 0 Å². The monoisotopic (exact) mass is 478 g/mol. The maximum atomic E-state index is 12.8. The van der Waals surface area contributed by atoms with Gasteiger partial charge in [0.2, 0.25) is 5.91 Å². The molecule has 0 saturated heterocycles. The van der Waals surface area contributed by atoms with Gasteiger partial charge in [0.1, 0.15) is 6.61 Å². The van der Waals surface area contributed by atoms with E-state index in [2.05, 4.69) is 34.9 Å². The van der Waals surface area contributed by atoms with Crippen LogP contribution in [0.3, 0.4) is 0 Å². The molecule has 4 rings (SSSR count). The molecule has 0 aliphatic heterocycles. The number of ether oxygens (including phenoxy) is 1. The molecule has 35 heavy (non-hydrogen) atoms. The third-order valence-electron chi connectivity index (χ3n) is 7.80. The summed E-state index contributed by atoms with van der Waals surface area (Å²) in [6.07, 6.45) is 2.42. The van der Waals surface area contributed by atoms with Gasteiger partial charge < -0.3 is 20.5 Å². The number of aliphatic carboxylic acids is 1. The molecule has 7 nitrogen and oxygen atoms in total. The molecular formula is C28H34N2O5. The zero-order valence-corrected chi connectivity index (χ0v) is 20.4. The van der Waals surface area contributed by atoms with E-state index in [0.29, 0.717) is 13.0 Å². The number of alkyl carbamates (subject to hydrolysis) is 1. The largest absolute Gasteiger partial charge is 0.481 e. The Balaban J connectivity index is 1.29. The van der Waals surface area contributed by atoms with Crippen molar-refractivity contribution >= 4 is 18.0 Å². The number of amides is 2. The van der Waals surface area contributed by atoms with E-state index in [4.69, 9.17) is 4.74 Å². The lowest BCUT2D eigenvalue weighted by atomic mass is 9.87. The first kappa shape index (κ1) is 24.8. The van der Waals surface area contributed by atoms with Crippen LogP contribution in [-0.4, -0.2) is 42.8 Å². The first-order valence-corrected chi connectivity index (χ1v) is 12.4. The zero-order valence-electron chi connectivity index (χ0n) is 20.4. The fourth-order valence-electron chi connectivity index (χ4n) is 5.26. The van der Waals surface area contributed by atoms with E-state index < -0.39 is 17.5 Å². The summed E-state index contributed by atoms with van der Waals surface area (Å²) in [4.78, 5) is 36.8. The van der Waals surface area contributed by atoms with Crippen LogP contribution < -0.4 is 10.6 Å². The average molecular weight is 479 g/mol. The smallest absolute Gasteiger partial charge is 0.407 e. The Labute approximate surface area is 206 Å². The number of hydrogen-bond acceptors (Lipinski definition) is 4. The van der Waals surface area contributed by atoms with Gasteiger partial charge in [-0.15, -0.1) is 0 Å². The van der Waals surface area contributed by atoms with Crippen molar-refractivity contribution in [3.8, 4) is 11.1 Å². The number of carboxylic acid groups (broad SMARTS) is 1. The van der Waals surface area contributed by atoms with Gasteiger partial charge in [0, 0.05) is 24.9 Å². The minimum Gasteiger partial charge on any atom is -0.481 e. The van der Waals surface area contributed by atoms with Crippen LogP contribution in [0.25, 0.3) is 11.1 Å². The fraction of sp³-hybridized carbons (Fsp3) is 0.464. The van der Waals surface area contributed by atoms with Gasteiger partial charge in [-0.25, -0.2) is 4.79 Å². The Morgan fingerprint density at radius 1 is 1.00 bits per heavy atom. The van der Waals surface area contributed by atoms with Crippen molar-refractivity contribution < 1.29 is 24.2 Å². The lowest BCUT2D eigenvalue weighted by Gasteiger charge is -2.25. The van der Waals surface area contributed by atoms with Crippen molar-refractivity contribution in [2.75, 3.05) is 19.7 Å². The van der Waals surface area contributed by atoms with Crippen molar-refractivity contribution in [3.05, 3.63) is 59.7 Å². The number of rotatable bonds is 9. The number of carbonyl (C=O) groups is 3. The highest BCUT2D eigenvalue weighted by Crippen LogP contribution is 2.44. The molecule has 2 aromatic carbocycles. The molecule has 3 N–H and O–H groups in total. The molecule has 7 heteroatoms. The van der Waals surface area contributed by atoms with Crippen LogP contribution in [-0.2, 0) is 14.3 Å². The van der Waals surface area contributed by atoms with Crippen molar-refractivity contribution in [1.82, 2.24) is 10.6 Å². The third-order valence-corrected chi connectivity index (χ3v) is 7.80. The van der Waals surface area contributed by atoms with E-state index in [9.17, 15) is 19.5 Å². The molecule has 2 amide bonds. The summed E-state index contributed by atoms with van der Waals surface area (Å²) in [5, 5.41) is 15.1. The Hall–Kier alpha value is -3.35. The number of carboxylic acids is 1. The predicted octanol–water partition coefficient (Wildman–Crippen LogP) is 4.56. The Morgan fingerprint density at radius 3 is 2.23 bits per heavy atom. The van der Waals surface area contributed by atoms with Gasteiger partial charge in [0.05, 0.1) is 5.41 Å². The number of fused-ring (bicyclic) bond motifs is 3. The predicted molar refractivity (Wildman–Crippen MR) is 133 cm³/mol. The highest BCUT2D eigenvalue weighted by atomic mass is 16.5. The molecule has 0 radical (unpaired) electrons. The first-order valence-electron chi connectivity index (χ1n) is 12.4. The first-order chi connectivity index (χ1) is 16.8. The second-order valence-electron chi connectivity index (χ2n) is 9.94. The lowest BCUT2D eigenvalue weighted by molar-refractivity contribution is -0.148. The molecule has 0 bridgehead atoms. The number of carbonyl (C=O) groups excluding carboxylic acids is 2. The minimum absolute atomic E-state index is 0.000248. The summed E-state index contributed by atoms with van der Waals surface area (Å²) < 4.78 is 5.61. The summed E-state index contributed by atoms with van der Waals surface area (Å²) in [5.41, 5.74) is 3.70. The number of nitrogens with one attached hydrogen (secondary N) is 2. The maximum Gasteiger partial charge on any atom is 0.407 e. The molecule has 2 aliphatic carbocycles. The summed E-state index contributed by atoms with van der Waals surface area (Å²) >= 11 is 0. The summed E-state index contributed by atoms with van der Waals surface area (Å²) in [7, 11) is 0. The fourth-order valence-corrected chi connectivity index (χ4v) is 5.26. The van der Waals surface area contributed by atoms with Crippen molar-refractivity contribution in [1.29, 1.82) is 0 Å². The van der Waals surface area contributed by atoms with Crippen LogP contribution in [0, 0.1) is 17.3 Å². The van der Waals surface area contributed by atoms with Gasteiger partial charge in [0.25, 0.3) is 0 Å². The molecule has 2 aliphatic rings. The standard InChI is InChI=1S/C28H34N2O5/c1-3-28(2,26(32)33)17-30-25(31)19-14-8-9-18(19)15-29-27(34)35-16-24-22-12-6-4-10-20(22)21-11-5-7-13-23(21)24/h4-7,10-13,18-19,24H,3,8-9,14-17H2,1-2H3,(H,29,34)(H,30,31)(H,32,33)/t18-,19-,28?/m1/s1. The van der Waals surface area contributed by atoms with Crippen LogP contribution in [0.5, 0.6) is 0 Å². The van der Waals surface area contributed by atoms with E-state index in [-0.39, 0.29) is 36.8 Å². The van der Waals surface area contributed by atoms with Crippen molar-refractivity contribution in [3.63, 3.8) is 0 Å². The molecule has 1 unspecified atom stereocenters. The normalized spacial score (nSPS) is 20.4. The Morgan fingerprint density at radius 2 is 1.63 bits per heavy atom. The van der Waals surface area contributed by atoms with Gasteiger partial charge >= 0.3 is 12.1 Å². The molecule has 1 fully saturated rings. The van der Waals surface area contributed by atoms with Gasteiger partial charge in [-0.2, -0.15) is 0 Å². The van der Waals surface area contributed by atoms with Crippen LogP contribution in [0.1, 0.15) is 56.6 Å². The minimum atomic E-state index is -0.983. The molecular weight excluding hydrogens is 444 g/mol. The van der Waals surface area contributed by atoms with Crippen molar-refractivity contribution in [2.24, 2.45) is 17.3 Å². The summed E-state index contributed by atoms with van der Waals surface area (Å²) in [5.74, 6) is -1.28. The van der Waals surface area contributed by atoms with Gasteiger partial charge in [-0.1, -0.05) is 61.9 Å². The highest BCUT2D eigenvalue weighted by Gasteiger charge is 2.36. The quantitative estimate of drug-likeness (QED) is 0.490. The molecule has 0 heterocycles. The van der Waals surface area contributed by atoms with Crippen LogP contribution in [0.4, 0.5) is 4.79 Å². The van der Waals surface area contributed by atoms with Crippen LogP contribution in [0.2, 0.25) is 0 Å². The van der Waals surface area contributed by atoms with E-state index in [1.165, 1.54) is 11.1 Å². The second kappa shape index (κ2) is 10.5. The van der Waals surface area contributed by atoms with E-state index in [1.807, 2.05) is 24.3 Å². The van der Waals surface area contributed by atoms with Gasteiger partial charge in [-0.3, -0.25) is 9.59 Å². The SMILES string of the molecule is CCC(C)(CNC(=O)[C@@H]1CCC[C@@H]1CNC(=O)OCC1c2ccccc2-c2ccccc21)C(=O)O. The van der Waals surface area contributed by atoms with E-state index in [0.717, 1.165) is 30.4 Å². The number of benzene rings is 2.